The summed E-state index contributed by atoms with van der Waals surface area (Å²) in [4.78, 5) is 0.150. The molecule has 23 heavy (non-hydrogen) atoms. The zero-order valence-electron chi connectivity index (χ0n) is 13.2. The number of sulfonamides is 1. The van der Waals surface area contributed by atoms with E-state index in [-0.39, 0.29) is 10.9 Å². The molecule has 2 atom stereocenters. The molecule has 0 aliphatic heterocycles. The van der Waals surface area contributed by atoms with Gasteiger partial charge in [-0.25, -0.2) is 13.6 Å². The van der Waals surface area contributed by atoms with Crippen molar-refractivity contribution in [1.82, 2.24) is 5.32 Å². The molecule has 2 aromatic carbocycles. The predicted molar refractivity (Wildman–Crippen MR) is 91.5 cm³/mol. The number of aryl methyl sites for hydroxylation is 1. The summed E-state index contributed by atoms with van der Waals surface area (Å²) >= 11 is 0. The first-order valence-electron chi connectivity index (χ1n) is 7.92. The van der Waals surface area contributed by atoms with Crippen molar-refractivity contribution in [2.24, 2.45) is 5.14 Å². The molecular weight excluding hydrogens is 308 g/mol. The van der Waals surface area contributed by atoms with Gasteiger partial charge in [0.2, 0.25) is 10.0 Å². The van der Waals surface area contributed by atoms with Crippen LogP contribution in [0.25, 0.3) is 0 Å². The molecule has 3 rings (SSSR count). The first kappa shape index (κ1) is 16.2. The minimum absolute atomic E-state index is 0.140. The summed E-state index contributed by atoms with van der Waals surface area (Å²) in [5.41, 5.74) is 3.86. The molecule has 0 amide bonds. The van der Waals surface area contributed by atoms with E-state index in [0.717, 1.165) is 18.4 Å². The van der Waals surface area contributed by atoms with Crippen LogP contribution >= 0.6 is 0 Å². The highest BCUT2D eigenvalue weighted by Gasteiger charge is 2.21. The Kier molecular flexibility index (Phi) is 4.53. The first-order valence-corrected chi connectivity index (χ1v) is 9.46. The number of nitrogens with one attached hydrogen (secondary N) is 1. The highest BCUT2D eigenvalue weighted by Crippen LogP contribution is 2.31. The lowest BCUT2D eigenvalue weighted by atomic mass is 9.87. The van der Waals surface area contributed by atoms with Crippen LogP contribution in [0.5, 0.6) is 0 Å². The predicted octanol–water partition coefficient (Wildman–Crippen LogP) is 3.06. The average molecular weight is 330 g/mol. The normalized spacial score (nSPS) is 19.1. The van der Waals surface area contributed by atoms with Crippen molar-refractivity contribution < 1.29 is 8.42 Å². The Morgan fingerprint density at radius 2 is 1.83 bits per heavy atom. The van der Waals surface area contributed by atoms with E-state index < -0.39 is 10.0 Å². The number of fused-ring (bicyclic) bond motifs is 1. The number of rotatable bonds is 4. The van der Waals surface area contributed by atoms with Gasteiger partial charge in [-0.1, -0.05) is 36.4 Å². The van der Waals surface area contributed by atoms with E-state index in [1.807, 2.05) is 12.1 Å². The van der Waals surface area contributed by atoms with Crippen molar-refractivity contribution in [3.05, 3.63) is 65.2 Å². The van der Waals surface area contributed by atoms with Crippen LogP contribution in [0, 0.1) is 0 Å². The molecule has 5 heteroatoms. The van der Waals surface area contributed by atoms with Gasteiger partial charge in [0.15, 0.2) is 0 Å². The van der Waals surface area contributed by atoms with E-state index in [4.69, 9.17) is 5.14 Å². The van der Waals surface area contributed by atoms with Crippen molar-refractivity contribution in [3.8, 4) is 0 Å². The van der Waals surface area contributed by atoms with Crippen LogP contribution in [-0.4, -0.2) is 8.42 Å². The number of hydrogen-bond donors (Lipinski definition) is 2. The Labute approximate surface area is 137 Å². The van der Waals surface area contributed by atoms with E-state index in [1.165, 1.54) is 17.5 Å². The van der Waals surface area contributed by atoms with Gasteiger partial charge >= 0.3 is 0 Å². The summed E-state index contributed by atoms with van der Waals surface area (Å²) in [6.45, 7) is 2.10. The van der Waals surface area contributed by atoms with Gasteiger partial charge in [0.25, 0.3) is 0 Å². The fourth-order valence-corrected chi connectivity index (χ4v) is 3.79. The van der Waals surface area contributed by atoms with Crippen LogP contribution in [0.15, 0.2) is 53.4 Å². The molecule has 1 aliphatic rings. The highest BCUT2D eigenvalue weighted by atomic mass is 32.2. The molecule has 0 radical (unpaired) electrons. The van der Waals surface area contributed by atoms with Crippen LogP contribution in [0.3, 0.4) is 0 Å². The lowest BCUT2D eigenvalue weighted by Crippen LogP contribution is -2.27. The average Bonchev–Trinajstić information content (AvgIpc) is 2.54. The molecule has 2 aromatic rings. The second-order valence-corrected chi connectivity index (χ2v) is 7.71. The minimum Gasteiger partial charge on any atom is -0.303 e. The Morgan fingerprint density at radius 1 is 1.13 bits per heavy atom. The van der Waals surface area contributed by atoms with Gasteiger partial charge in [-0.2, -0.15) is 0 Å². The molecular formula is C18H22N2O2S. The maximum Gasteiger partial charge on any atom is 0.238 e. The molecule has 0 aromatic heterocycles. The van der Waals surface area contributed by atoms with Gasteiger partial charge in [0.05, 0.1) is 4.90 Å². The Bertz CT molecular complexity index is 785. The minimum atomic E-state index is -3.63. The summed E-state index contributed by atoms with van der Waals surface area (Å²) in [5.74, 6) is 0. The third kappa shape index (κ3) is 3.63. The Morgan fingerprint density at radius 3 is 2.52 bits per heavy atom. The van der Waals surface area contributed by atoms with E-state index >= 15 is 0 Å². The molecule has 122 valence electrons. The second-order valence-electron chi connectivity index (χ2n) is 6.15. The number of benzene rings is 2. The quantitative estimate of drug-likeness (QED) is 0.905. The van der Waals surface area contributed by atoms with E-state index in [9.17, 15) is 8.42 Å². The molecule has 0 saturated heterocycles. The number of nitrogens with two attached hydrogens (primary N) is 1. The summed E-state index contributed by atoms with van der Waals surface area (Å²) < 4.78 is 22.7. The number of hydrogen-bond acceptors (Lipinski definition) is 3. The van der Waals surface area contributed by atoms with Crippen LogP contribution < -0.4 is 10.5 Å². The highest BCUT2D eigenvalue weighted by molar-refractivity contribution is 7.89. The topological polar surface area (TPSA) is 72.2 Å². The van der Waals surface area contributed by atoms with Gasteiger partial charge < -0.3 is 5.32 Å². The molecule has 3 N–H and O–H groups in total. The van der Waals surface area contributed by atoms with Gasteiger partial charge in [-0.3, -0.25) is 0 Å². The van der Waals surface area contributed by atoms with E-state index in [1.54, 1.807) is 12.1 Å². The van der Waals surface area contributed by atoms with Gasteiger partial charge in [-0.15, -0.1) is 0 Å². The maximum atomic E-state index is 11.3. The summed E-state index contributed by atoms with van der Waals surface area (Å²) in [7, 11) is -3.63. The largest absolute Gasteiger partial charge is 0.303 e. The molecule has 4 nitrogen and oxygen atoms in total. The van der Waals surface area contributed by atoms with Crippen molar-refractivity contribution in [3.63, 3.8) is 0 Å². The summed E-state index contributed by atoms with van der Waals surface area (Å²) in [6.07, 6.45) is 3.45. The fourth-order valence-electron chi connectivity index (χ4n) is 3.27. The lowest BCUT2D eigenvalue weighted by molar-refractivity contribution is 0.415. The second kappa shape index (κ2) is 6.43. The first-order chi connectivity index (χ1) is 10.9. The fraction of sp³-hybridized carbons (Fsp3) is 0.333. The zero-order valence-corrected chi connectivity index (χ0v) is 14.0. The molecule has 0 bridgehead atoms. The zero-order chi connectivity index (χ0) is 16.4. The SMILES string of the molecule is C[C@@H](N[C@H]1CCCc2ccccc21)c1ccc(S(N)(=O)=O)cc1. The van der Waals surface area contributed by atoms with Gasteiger partial charge in [0.1, 0.15) is 0 Å². The molecule has 0 heterocycles. The van der Waals surface area contributed by atoms with Crippen molar-refractivity contribution in [1.29, 1.82) is 0 Å². The van der Waals surface area contributed by atoms with Crippen LogP contribution in [-0.2, 0) is 16.4 Å². The third-order valence-electron chi connectivity index (χ3n) is 4.53. The molecule has 0 fully saturated rings. The summed E-state index contributed by atoms with van der Waals surface area (Å²) in [5, 5.41) is 8.81. The van der Waals surface area contributed by atoms with Crippen LogP contribution in [0.4, 0.5) is 0 Å². The van der Waals surface area contributed by atoms with E-state index in [0.29, 0.717) is 6.04 Å². The standard InChI is InChI=1S/C18H22N2O2S/c1-13(14-9-11-16(12-10-14)23(19,21)22)20-18-8-4-6-15-5-2-3-7-17(15)18/h2-3,5,7,9-13,18,20H,4,6,8H2,1H3,(H2,19,21,22)/t13-,18+/m1/s1. The molecule has 0 spiro atoms. The Hall–Kier alpha value is -1.69. The monoisotopic (exact) mass is 330 g/mol. The van der Waals surface area contributed by atoms with Crippen molar-refractivity contribution >= 4 is 10.0 Å². The molecule has 0 unspecified atom stereocenters. The van der Waals surface area contributed by atoms with Crippen molar-refractivity contribution in [2.75, 3.05) is 0 Å². The van der Waals surface area contributed by atoms with Crippen LogP contribution in [0.1, 0.15) is 48.5 Å². The number of primary sulfonamides is 1. The van der Waals surface area contributed by atoms with Gasteiger partial charge in [-0.05, 0) is 55.0 Å². The third-order valence-corrected chi connectivity index (χ3v) is 5.46. The van der Waals surface area contributed by atoms with E-state index in [2.05, 4.69) is 36.5 Å². The maximum absolute atomic E-state index is 11.3. The molecule has 1 aliphatic carbocycles. The van der Waals surface area contributed by atoms with Crippen LogP contribution in [0.2, 0.25) is 0 Å². The molecule has 0 saturated carbocycles. The van der Waals surface area contributed by atoms with Gasteiger partial charge in [0, 0.05) is 12.1 Å². The Balaban J connectivity index is 1.76. The summed E-state index contributed by atoms with van der Waals surface area (Å²) in [6, 6.07) is 15.8. The lowest BCUT2D eigenvalue weighted by Gasteiger charge is -2.29. The van der Waals surface area contributed by atoms with Crippen molar-refractivity contribution in [2.45, 2.75) is 43.2 Å². The smallest absolute Gasteiger partial charge is 0.238 e.